The van der Waals surface area contributed by atoms with Crippen molar-refractivity contribution in [3.8, 4) is 11.8 Å². The zero-order chi connectivity index (χ0) is 21.5. The lowest BCUT2D eigenvalue weighted by atomic mass is 9.41. The second-order valence-corrected chi connectivity index (χ2v) is 6.97. The van der Waals surface area contributed by atoms with Crippen LogP contribution in [0, 0.1) is 11.2 Å². The van der Waals surface area contributed by atoms with Crippen molar-refractivity contribution >= 4 is 24.1 Å². The van der Waals surface area contributed by atoms with Crippen molar-refractivity contribution < 1.29 is 14.7 Å². The number of hydrogen-bond acceptors (Lipinski definition) is 7. The van der Waals surface area contributed by atoms with Crippen LogP contribution in [0.5, 0.6) is 5.88 Å². The van der Waals surface area contributed by atoms with Crippen molar-refractivity contribution in [2.75, 3.05) is 13.7 Å². The molecule has 2 aliphatic rings. The van der Waals surface area contributed by atoms with E-state index in [1.807, 2.05) is 26.0 Å². The van der Waals surface area contributed by atoms with Crippen molar-refractivity contribution in [3.05, 3.63) is 41.4 Å². The van der Waals surface area contributed by atoms with Gasteiger partial charge >= 0.3 is 0 Å². The SMILES string of the molecule is CC.COc1cc(C2CCCB(C#N)C2)nc2c(C3=CCOC(/C=N\O)=C3)cnn12. The van der Waals surface area contributed by atoms with E-state index < -0.39 is 0 Å². The van der Waals surface area contributed by atoms with Gasteiger partial charge in [-0.1, -0.05) is 38.1 Å². The van der Waals surface area contributed by atoms with Crippen LogP contribution in [0.3, 0.4) is 0 Å². The van der Waals surface area contributed by atoms with Crippen LogP contribution in [0.2, 0.25) is 12.6 Å². The first-order chi connectivity index (χ1) is 14.7. The molecule has 30 heavy (non-hydrogen) atoms. The zero-order valence-corrected chi connectivity index (χ0v) is 17.6. The van der Waals surface area contributed by atoms with Crippen LogP contribution in [-0.4, -0.2) is 46.4 Å². The summed E-state index contributed by atoms with van der Waals surface area (Å²) < 4.78 is 12.6. The number of methoxy groups -OCH3 is 1. The first kappa shape index (κ1) is 21.4. The van der Waals surface area contributed by atoms with Crippen LogP contribution in [0.25, 0.3) is 11.2 Å². The van der Waals surface area contributed by atoms with E-state index in [-0.39, 0.29) is 12.6 Å². The molecule has 0 spiro atoms. The van der Waals surface area contributed by atoms with Crippen molar-refractivity contribution in [2.45, 2.75) is 45.2 Å². The van der Waals surface area contributed by atoms with E-state index in [4.69, 9.17) is 19.7 Å². The van der Waals surface area contributed by atoms with Gasteiger partial charge in [0.1, 0.15) is 18.6 Å². The van der Waals surface area contributed by atoms with Gasteiger partial charge in [0.2, 0.25) is 5.88 Å². The molecular formula is C21H26BN5O3. The number of nitrogens with zero attached hydrogens (tertiary/aromatic N) is 5. The number of hydrogen-bond donors (Lipinski definition) is 1. The molecule has 1 atom stereocenters. The summed E-state index contributed by atoms with van der Waals surface area (Å²) in [5, 5.41) is 25.5. The van der Waals surface area contributed by atoms with Gasteiger partial charge < -0.3 is 14.7 Å². The van der Waals surface area contributed by atoms with E-state index in [2.05, 4.69) is 16.2 Å². The highest BCUT2D eigenvalue weighted by Gasteiger charge is 2.28. The highest BCUT2D eigenvalue weighted by molar-refractivity contribution is 6.67. The second kappa shape index (κ2) is 9.97. The van der Waals surface area contributed by atoms with E-state index in [0.717, 1.165) is 42.3 Å². The standard InChI is InChI=1S/C19H20BN5O3.C2H6/c1-27-18-8-17(14-3-2-5-20(9-14)12-21)24-19-16(11-22-25(18)19)13-4-6-28-15(7-13)10-23-26;1-2/h4,7-8,10-11,14,26H,2-3,5-6,9H2,1H3;1-2H3/b23-10-;. The smallest absolute Gasteiger partial charge is 0.268 e. The van der Waals surface area contributed by atoms with E-state index >= 15 is 0 Å². The second-order valence-electron chi connectivity index (χ2n) is 6.97. The van der Waals surface area contributed by atoms with Crippen molar-refractivity contribution in [3.63, 3.8) is 0 Å². The first-order valence-corrected chi connectivity index (χ1v) is 10.3. The summed E-state index contributed by atoms with van der Waals surface area (Å²) >= 11 is 0. The minimum atomic E-state index is 0.0774. The van der Waals surface area contributed by atoms with E-state index in [9.17, 15) is 5.26 Å². The molecule has 1 N–H and O–H groups in total. The van der Waals surface area contributed by atoms with Gasteiger partial charge in [-0.05, 0) is 30.1 Å². The topological polar surface area (TPSA) is 105 Å². The van der Waals surface area contributed by atoms with Gasteiger partial charge in [-0.15, -0.1) is 0 Å². The number of fused-ring (bicyclic) bond motifs is 1. The van der Waals surface area contributed by atoms with Crippen LogP contribution in [-0.2, 0) is 4.74 Å². The summed E-state index contributed by atoms with van der Waals surface area (Å²) in [6.45, 7) is 4.45. The average Bonchev–Trinajstić information content (AvgIpc) is 3.24. The molecule has 0 bridgehead atoms. The van der Waals surface area contributed by atoms with Crippen molar-refractivity contribution in [1.29, 1.82) is 5.26 Å². The summed E-state index contributed by atoms with van der Waals surface area (Å²) in [7, 11) is 1.61. The molecule has 2 aliphatic heterocycles. The lowest BCUT2D eigenvalue weighted by molar-refractivity contribution is 0.262. The molecule has 1 saturated heterocycles. The monoisotopic (exact) mass is 407 g/mol. The minimum Gasteiger partial charge on any atom is -0.488 e. The number of oxime groups is 1. The fourth-order valence-corrected chi connectivity index (χ4v) is 3.89. The third-order valence-electron chi connectivity index (χ3n) is 5.29. The molecule has 0 radical (unpaired) electrons. The molecule has 2 aromatic heterocycles. The maximum Gasteiger partial charge on any atom is 0.268 e. The Kier molecular flexibility index (Phi) is 7.12. The van der Waals surface area contributed by atoms with Gasteiger partial charge in [-0.2, -0.15) is 9.61 Å². The van der Waals surface area contributed by atoms with E-state index in [1.54, 1.807) is 23.9 Å². The van der Waals surface area contributed by atoms with Crippen LogP contribution in [0.1, 0.15) is 43.9 Å². The van der Waals surface area contributed by atoms with Crippen LogP contribution < -0.4 is 4.74 Å². The summed E-state index contributed by atoms with van der Waals surface area (Å²) in [5.74, 6) is 3.71. The lowest BCUT2D eigenvalue weighted by Crippen LogP contribution is -2.21. The summed E-state index contributed by atoms with van der Waals surface area (Å²) in [6, 6.07) is 1.92. The van der Waals surface area contributed by atoms with Gasteiger partial charge in [0.25, 0.3) is 6.71 Å². The van der Waals surface area contributed by atoms with Gasteiger partial charge in [0, 0.05) is 17.6 Å². The summed E-state index contributed by atoms with van der Waals surface area (Å²) in [5.41, 5.74) is 3.36. The molecule has 8 nitrogen and oxygen atoms in total. The van der Waals surface area contributed by atoms with Crippen LogP contribution >= 0.6 is 0 Å². The summed E-state index contributed by atoms with van der Waals surface area (Å²) in [6.07, 6.45) is 10.5. The number of aromatic nitrogens is 3. The average molecular weight is 407 g/mol. The Morgan fingerprint density at radius 1 is 1.47 bits per heavy atom. The molecule has 156 valence electrons. The highest BCUT2D eigenvalue weighted by atomic mass is 16.5. The molecule has 2 aromatic rings. The maximum absolute atomic E-state index is 9.31. The first-order valence-electron chi connectivity index (χ1n) is 10.3. The third kappa shape index (κ3) is 4.33. The molecule has 1 fully saturated rings. The Labute approximate surface area is 176 Å². The summed E-state index contributed by atoms with van der Waals surface area (Å²) in [4.78, 5) is 4.90. The predicted octanol–water partition coefficient (Wildman–Crippen LogP) is 3.96. The van der Waals surface area contributed by atoms with Crippen molar-refractivity contribution in [1.82, 2.24) is 14.6 Å². The van der Waals surface area contributed by atoms with E-state index in [1.165, 1.54) is 6.21 Å². The van der Waals surface area contributed by atoms with E-state index in [0.29, 0.717) is 23.9 Å². The minimum absolute atomic E-state index is 0.0774. The lowest BCUT2D eigenvalue weighted by Gasteiger charge is -2.23. The number of rotatable bonds is 4. The molecular weight excluding hydrogens is 381 g/mol. The molecule has 0 amide bonds. The molecule has 9 heteroatoms. The van der Waals surface area contributed by atoms with Gasteiger partial charge in [0.15, 0.2) is 5.65 Å². The maximum atomic E-state index is 9.31. The third-order valence-corrected chi connectivity index (χ3v) is 5.29. The predicted molar refractivity (Wildman–Crippen MR) is 116 cm³/mol. The fourth-order valence-electron chi connectivity index (χ4n) is 3.89. The normalized spacial score (nSPS) is 18.7. The Balaban J connectivity index is 0.00000124. The molecule has 0 aromatic carbocycles. The van der Waals surface area contributed by atoms with Crippen molar-refractivity contribution in [2.24, 2.45) is 5.16 Å². The molecule has 0 saturated carbocycles. The Morgan fingerprint density at radius 3 is 3.03 bits per heavy atom. The number of ether oxygens (including phenoxy) is 2. The molecule has 4 heterocycles. The Morgan fingerprint density at radius 2 is 2.30 bits per heavy atom. The van der Waals surface area contributed by atoms with Gasteiger partial charge in [-0.25, -0.2) is 10.2 Å². The van der Waals surface area contributed by atoms with Crippen LogP contribution in [0.4, 0.5) is 0 Å². The van der Waals surface area contributed by atoms with Gasteiger partial charge in [-0.3, -0.25) is 0 Å². The molecule has 0 aliphatic carbocycles. The molecule has 4 rings (SSSR count). The number of allylic oxidation sites excluding steroid dienone is 3. The highest BCUT2D eigenvalue weighted by Crippen LogP contribution is 2.35. The Bertz CT molecular complexity index is 1020. The quantitative estimate of drug-likeness (QED) is 0.356. The fraction of sp³-hybridized carbons (Fsp3) is 0.429. The largest absolute Gasteiger partial charge is 0.488 e. The molecule has 1 unspecified atom stereocenters. The van der Waals surface area contributed by atoms with Crippen LogP contribution in [0.15, 0.2) is 35.3 Å². The van der Waals surface area contributed by atoms with Gasteiger partial charge in [0.05, 0.1) is 19.0 Å². The zero-order valence-electron chi connectivity index (χ0n) is 17.6. The number of nitriles is 1. The Hall–Kier alpha value is -3.28.